The molecule has 0 amide bonds. The second-order valence-electron chi connectivity index (χ2n) is 4.42. The van der Waals surface area contributed by atoms with Gasteiger partial charge in [0.1, 0.15) is 6.23 Å². The zero-order valence-corrected chi connectivity index (χ0v) is 10.3. The van der Waals surface area contributed by atoms with E-state index in [4.69, 9.17) is 4.74 Å². The predicted molar refractivity (Wildman–Crippen MR) is 64.5 cm³/mol. The molecule has 0 aliphatic carbocycles. The number of H-pyrrole nitrogens is 1. The lowest BCUT2D eigenvalue weighted by atomic mass is 10.1. The number of hydrogen-bond acceptors (Lipinski definition) is 5. The Labute approximate surface area is 103 Å². The van der Waals surface area contributed by atoms with Gasteiger partial charge in [0.2, 0.25) is 0 Å². The van der Waals surface area contributed by atoms with Gasteiger partial charge in [-0.15, -0.1) is 0 Å². The minimum absolute atomic E-state index is 0.0147. The quantitative estimate of drug-likeness (QED) is 0.624. The number of aromatic amines is 1. The number of nitrogens with zero attached hydrogens (tertiary/aromatic N) is 1. The van der Waals surface area contributed by atoms with Gasteiger partial charge in [-0.25, -0.2) is 4.79 Å². The Kier molecular flexibility index (Phi) is 3.65. The third-order valence-corrected chi connectivity index (χ3v) is 3.24. The minimum Gasteiger partial charge on any atom is -0.394 e. The number of hydrogen-bond donors (Lipinski definition) is 3. The van der Waals surface area contributed by atoms with Crippen LogP contribution in [0.5, 0.6) is 0 Å². The third kappa shape index (κ3) is 2.24. The molecule has 1 aromatic heterocycles. The second-order valence-corrected chi connectivity index (χ2v) is 4.42. The summed E-state index contributed by atoms with van der Waals surface area (Å²) in [4.78, 5) is 25.2. The first-order chi connectivity index (χ1) is 8.56. The summed E-state index contributed by atoms with van der Waals surface area (Å²) < 4.78 is 6.96. The number of aliphatic hydroxyl groups excluding tert-OH is 1. The Morgan fingerprint density at radius 1 is 1.61 bits per heavy atom. The number of aromatic nitrogens is 2. The van der Waals surface area contributed by atoms with Crippen molar-refractivity contribution in [3.8, 4) is 0 Å². The van der Waals surface area contributed by atoms with E-state index >= 15 is 0 Å². The molecule has 1 aromatic rings. The van der Waals surface area contributed by atoms with Crippen LogP contribution in [0.15, 0.2) is 15.8 Å². The molecule has 3 atom stereocenters. The first kappa shape index (κ1) is 13.0. The number of aliphatic hydroxyl groups is 1. The fourth-order valence-electron chi connectivity index (χ4n) is 2.17. The van der Waals surface area contributed by atoms with E-state index in [1.807, 2.05) is 0 Å². The Bertz CT molecular complexity index is 524. The highest BCUT2D eigenvalue weighted by atomic mass is 16.5. The van der Waals surface area contributed by atoms with E-state index < -0.39 is 17.5 Å². The molecule has 1 aliphatic heterocycles. The first-order valence-corrected chi connectivity index (χ1v) is 5.82. The van der Waals surface area contributed by atoms with Crippen molar-refractivity contribution in [3.05, 3.63) is 32.6 Å². The molecule has 0 radical (unpaired) electrons. The number of ether oxygens (including phenoxy) is 1. The minimum atomic E-state index is -0.496. The largest absolute Gasteiger partial charge is 0.394 e. The molecule has 0 saturated carbocycles. The molecule has 100 valence electrons. The van der Waals surface area contributed by atoms with Crippen LogP contribution in [0, 0.1) is 6.92 Å². The average molecular weight is 255 g/mol. The maximum Gasteiger partial charge on any atom is 0.330 e. The van der Waals surface area contributed by atoms with Crippen molar-refractivity contribution in [1.82, 2.24) is 14.9 Å². The molecule has 1 fully saturated rings. The maximum absolute atomic E-state index is 11.7. The molecule has 2 heterocycles. The maximum atomic E-state index is 11.7. The van der Waals surface area contributed by atoms with Crippen molar-refractivity contribution in [1.29, 1.82) is 0 Å². The lowest BCUT2D eigenvalue weighted by molar-refractivity contribution is -0.0287. The molecule has 0 bridgehead atoms. The van der Waals surface area contributed by atoms with Crippen LogP contribution in [0.2, 0.25) is 0 Å². The molecule has 1 saturated heterocycles. The second kappa shape index (κ2) is 5.05. The summed E-state index contributed by atoms with van der Waals surface area (Å²) in [5.74, 6) is 0. The van der Waals surface area contributed by atoms with Gasteiger partial charge in [-0.3, -0.25) is 14.3 Å². The van der Waals surface area contributed by atoms with Crippen molar-refractivity contribution < 1.29 is 9.84 Å². The smallest absolute Gasteiger partial charge is 0.330 e. The van der Waals surface area contributed by atoms with Crippen molar-refractivity contribution in [2.75, 3.05) is 13.7 Å². The Balaban J connectivity index is 2.31. The fraction of sp³-hybridized carbons (Fsp3) is 0.636. The molecule has 7 nitrogen and oxygen atoms in total. The Morgan fingerprint density at radius 3 is 2.89 bits per heavy atom. The van der Waals surface area contributed by atoms with Crippen molar-refractivity contribution >= 4 is 0 Å². The molecule has 1 aliphatic rings. The monoisotopic (exact) mass is 255 g/mol. The van der Waals surface area contributed by atoms with E-state index in [-0.39, 0.29) is 18.8 Å². The first-order valence-electron chi connectivity index (χ1n) is 5.82. The van der Waals surface area contributed by atoms with E-state index in [0.29, 0.717) is 12.0 Å². The lowest BCUT2D eigenvalue weighted by Gasteiger charge is -2.15. The van der Waals surface area contributed by atoms with E-state index in [1.54, 1.807) is 14.0 Å². The lowest BCUT2D eigenvalue weighted by Crippen LogP contribution is -2.35. The fourth-order valence-corrected chi connectivity index (χ4v) is 2.17. The van der Waals surface area contributed by atoms with E-state index in [1.165, 1.54) is 10.8 Å². The third-order valence-electron chi connectivity index (χ3n) is 3.24. The van der Waals surface area contributed by atoms with Gasteiger partial charge in [0.25, 0.3) is 5.56 Å². The summed E-state index contributed by atoms with van der Waals surface area (Å²) in [6.07, 6.45) is 1.23. The van der Waals surface area contributed by atoms with Crippen molar-refractivity contribution in [2.45, 2.75) is 31.7 Å². The van der Waals surface area contributed by atoms with Crippen molar-refractivity contribution in [2.24, 2.45) is 0 Å². The van der Waals surface area contributed by atoms with E-state index in [9.17, 15) is 14.7 Å². The van der Waals surface area contributed by atoms with Crippen LogP contribution < -0.4 is 16.6 Å². The number of rotatable bonds is 3. The molecule has 0 spiro atoms. The number of likely N-dealkylation sites (N-methyl/N-ethyl adjacent to an activating group) is 1. The zero-order chi connectivity index (χ0) is 13.3. The molecular formula is C11H17N3O4. The summed E-state index contributed by atoms with van der Waals surface area (Å²) in [5, 5.41) is 12.2. The molecule has 1 unspecified atom stereocenters. The SMILES string of the molecule is CNC1C[C@H](n2cc(C)c(=O)[nH]c2=O)O[C@@H]1CO. The van der Waals surface area contributed by atoms with Gasteiger partial charge in [-0.05, 0) is 14.0 Å². The molecule has 0 aromatic carbocycles. The van der Waals surface area contributed by atoms with E-state index in [0.717, 1.165) is 0 Å². The predicted octanol–water partition coefficient (Wildman–Crippen LogP) is -1.29. The van der Waals surface area contributed by atoms with Crippen LogP contribution in [0.3, 0.4) is 0 Å². The molecule has 18 heavy (non-hydrogen) atoms. The van der Waals surface area contributed by atoms with Gasteiger partial charge in [0.15, 0.2) is 0 Å². The summed E-state index contributed by atoms with van der Waals surface area (Å²) >= 11 is 0. The van der Waals surface area contributed by atoms with E-state index in [2.05, 4.69) is 10.3 Å². The normalized spacial score (nSPS) is 27.6. The standard InChI is InChI=1S/C11H17N3O4/c1-6-4-14(11(17)13-10(6)16)9-3-7(12-2)8(5-15)18-9/h4,7-9,12,15H,3,5H2,1-2H3,(H,13,16,17)/t7?,8-,9-/m1/s1. The summed E-state index contributed by atoms with van der Waals surface area (Å²) in [7, 11) is 1.78. The topological polar surface area (TPSA) is 96.4 Å². The molecule has 3 N–H and O–H groups in total. The molecule has 2 rings (SSSR count). The van der Waals surface area contributed by atoms with Crippen LogP contribution in [0.25, 0.3) is 0 Å². The average Bonchev–Trinajstić information content (AvgIpc) is 2.76. The van der Waals surface area contributed by atoms with Crippen LogP contribution in [-0.2, 0) is 4.74 Å². The Morgan fingerprint density at radius 2 is 2.33 bits per heavy atom. The number of nitrogens with one attached hydrogen (secondary N) is 2. The van der Waals surface area contributed by atoms with Crippen LogP contribution in [0.4, 0.5) is 0 Å². The van der Waals surface area contributed by atoms with Crippen LogP contribution >= 0.6 is 0 Å². The van der Waals surface area contributed by atoms with Gasteiger partial charge >= 0.3 is 5.69 Å². The Hall–Kier alpha value is -1.44. The highest BCUT2D eigenvalue weighted by Gasteiger charge is 2.35. The van der Waals surface area contributed by atoms with Crippen molar-refractivity contribution in [3.63, 3.8) is 0 Å². The van der Waals surface area contributed by atoms with Gasteiger partial charge in [0.05, 0.1) is 12.7 Å². The van der Waals surface area contributed by atoms with Gasteiger partial charge in [0, 0.05) is 24.2 Å². The highest BCUT2D eigenvalue weighted by molar-refractivity contribution is 5.02. The van der Waals surface area contributed by atoms with Gasteiger partial charge in [-0.2, -0.15) is 0 Å². The van der Waals surface area contributed by atoms with Crippen LogP contribution in [0.1, 0.15) is 18.2 Å². The van der Waals surface area contributed by atoms with Gasteiger partial charge < -0.3 is 15.2 Å². The van der Waals surface area contributed by atoms with Gasteiger partial charge in [-0.1, -0.05) is 0 Å². The summed E-state index contributed by atoms with van der Waals surface area (Å²) in [5.41, 5.74) is -0.436. The molecular weight excluding hydrogens is 238 g/mol. The number of aryl methyl sites for hydroxylation is 1. The van der Waals surface area contributed by atoms with Crippen LogP contribution in [-0.4, -0.2) is 40.5 Å². The summed E-state index contributed by atoms with van der Waals surface area (Å²) in [6, 6.07) is -0.0147. The molecule has 7 heteroatoms. The highest BCUT2D eigenvalue weighted by Crippen LogP contribution is 2.27. The summed E-state index contributed by atoms with van der Waals surface area (Å²) in [6.45, 7) is 1.52. The zero-order valence-electron chi connectivity index (χ0n) is 10.3.